The molecule has 0 saturated carbocycles. The highest BCUT2D eigenvalue weighted by Gasteiger charge is 2.20. The number of benzene rings is 2. The fourth-order valence-electron chi connectivity index (χ4n) is 2.77. The van der Waals surface area contributed by atoms with Gasteiger partial charge in [0.2, 0.25) is 5.91 Å². The third-order valence-corrected chi connectivity index (χ3v) is 4.05. The number of hydrogen-bond acceptors (Lipinski definition) is 3. The van der Waals surface area contributed by atoms with Gasteiger partial charge in [0, 0.05) is 16.9 Å². The van der Waals surface area contributed by atoms with E-state index in [9.17, 15) is 9.59 Å². The Balaban J connectivity index is 0.00000225. The molecule has 6 heteroatoms. The van der Waals surface area contributed by atoms with Crippen molar-refractivity contribution in [2.75, 3.05) is 17.2 Å². The van der Waals surface area contributed by atoms with E-state index in [1.54, 1.807) is 24.3 Å². The smallest absolute Gasteiger partial charge is 0.255 e. The molecule has 1 aliphatic rings. The van der Waals surface area contributed by atoms with E-state index in [0.717, 1.165) is 25.8 Å². The zero-order valence-corrected chi connectivity index (χ0v) is 14.6. The highest BCUT2D eigenvalue weighted by molar-refractivity contribution is 6.04. The molecule has 1 heterocycles. The summed E-state index contributed by atoms with van der Waals surface area (Å²) in [6, 6.07) is 16.1. The molecule has 0 aliphatic carbocycles. The van der Waals surface area contributed by atoms with Crippen LogP contribution in [0.1, 0.15) is 29.6 Å². The van der Waals surface area contributed by atoms with Crippen molar-refractivity contribution >= 4 is 35.6 Å². The standard InChI is InChI=1S/C19H21N3O2.ClH/c23-18(14-7-2-1-3-8-14)21-15-9-6-10-16(13-15)22-19(24)17-11-4-5-12-20-17;/h1-3,6-10,13,17,20H,4-5,11-12H2,(H,21,23)(H,22,24);1H. The van der Waals surface area contributed by atoms with Crippen LogP contribution in [0.2, 0.25) is 0 Å². The summed E-state index contributed by atoms with van der Waals surface area (Å²) >= 11 is 0. The molecule has 2 amide bonds. The monoisotopic (exact) mass is 359 g/mol. The Morgan fingerprint density at radius 1 is 0.920 bits per heavy atom. The Labute approximate surface area is 153 Å². The zero-order chi connectivity index (χ0) is 16.8. The van der Waals surface area contributed by atoms with Gasteiger partial charge < -0.3 is 16.0 Å². The lowest BCUT2D eigenvalue weighted by Crippen LogP contribution is -2.43. The van der Waals surface area contributed by atoms with E-state index in [-0.39, 0.29) is 30.3 Å². The van der Waals surface area contributed by atoms with Crippen molar-refractivity contribution in [3.63, 3.8) is 0 Å². The number of nitrogens with one attached hydrogen (secondary N) is 3. The minimum Gasteiger partial charge on any atom is -0.325 e. The van der Waals surface area contributed by atoms with Crippen molar-refractivity contribution in [3.8, 4) is 0 Å². The molecule has 25 heavy (non-hydrogen) atoms. The normalized spacial score (nSPS) is 16.4. The summed E-state index contributed by atoms with van der Waals surface area (Å²) in [7, 11) is 0. The summed E-state index contributed by atoms with van der Waals surface area (Å²) < 4.78 is 0. The molecule has 2 aromatic carbocycles. The van der Waals surface area contributed by atoms with Gasteiger partial charge in [-0.2, -0.15) is 0 Å². The lowest BCUT2D eigenvalue weighted by molar-refractivity contribution is -0.118. The van der Waals surface area contributed by atoms with Gasteiger partial charge in [-0.1, -0.05) is 30.7 Å². The van der Waals surface area contributed by atoms with E-state index in [1.165, 1.54) is 0 Å². The van der Waals surface area contributed by atoms with Crippen LogP contribution in [0, 0.1) is 0 Å². The van der Waals surface area contributed by atoms with Crippen molar-refractivity contribution in [2.45, 2.75) is 25.3 Å². The molecule has 3 N–H and O–H groups in total. The number of anilines is 2. The van der Waals surface area contributed by atoms with Crippen molar-refractivity contribution < 1.29 is 9.59 Å². The van der Waals surface area contributed by atoms with Crippen LogP contribution in [0.3, 0.4) is 0 Å². The number of halogens is 1. The highest BCUT2D eigenvalue weighted by atomic mass is 35.5. The Hall–Kier alpha value is -2.37. The minimum absolute atomic E-state index is 0. The molecule has 0 aromatic heterocycles. The first-order valence-electron chi connectivity index (χ1n) is 8.23. The SMILES string of the molecule is Cl.O=C(Nc1cccc(NC(=O)C2CCCCN2)c1)c1ccccc1. The van der Waals surface area contributed by atoms with E-state index in [4.69, 9.17) is 0 Å². The first kappa shape index (κ1) is 19.0. The molecule has 0 radical (unpaired) electrons. The van der Waals surface area contributed by atoms with Crippen molar-refractivity contribution in [2.24, 2.45) is 0 Å². The van der Waals surface area contributed by atoms with Crippen molar-refractivity contribution in [1.29, 1.82) is 0 Å². The van der Waals surface area contributed by atoms with Gasteiger partial charge in [0.15, 0.2) is 0 Å². The van der Waals surface area contributed by atoms with Crippen LogP contribution in [-0.4, -0.2) is 24.4 Å². The minimum atomic E-state index is -0.173. The summed E-state index contributed by atoms with van der Waals surface area (Å²) in [5.41, 5.74) is 1.93. The molecule has 3 rings (SSSR count). The van der Waals surface area contributed by atoms with E-state index in [2.05, 4.69) is 16.0 Å². The Kier molecular flexibility index (Phi) is 6.98. The van der Waals surface area contributed by atoms with Gasteiger partial charge in [0.05, 0.1) is 6.04 Å². The number of carbonyl (C=O) groups is 2. The highest BCUT2D eigenvalue weighted by Crippen LogP contribution is 2.17. The van der Waals surface area contributed by atoms with Crippen molar-refractivity contribution in [3.05, 3.63) is 60.2 Å². The number of piperidine rings is 1. The number of amides is 2. The fraction of sp³-hybridized carbons (Fsp3) is 0.263. The third kappa shape index (κ3) is 5.31. The summed E-state index contributed by atoms with van der Waals surface area (Å²) in [5.74, 6) is -0.200. The molecule has 1 fully saturated rings. The van der Waals surface area contributed by atoms with Gasteiger partial charge in [0.25, 0.3) is 5.91 Å². The van der Waals surface area contributed by atoms with Crippen LogP contribution in [0.5, 0.6) is 0 Å². The van der Waals surface area contributed by atoms with E-state index < -0.39 is 0 Å². The van der Waals surface area contributed by atoms with Crippen LogP contribution in [0.25, 0.3) is 0 Å². The van der Waals surface area contributed by atoms with Crippen molar-refractivity contribution in [1.82, 2.24) is 5.32 Å². The quantitative estimate of drug-likeness (QED) is 0.783. The van der Waals surface area contributed by atoms with E-state index >= 15 is 0 Å². The largest absolute Gasteiger partial charge is 0.325 e. The summed E-state index contributed by atoms with van der Waals surface area (Å²) in [6.45, 7) is 0.880. The average molecular weight is 360 g/mol. The second kappa shape index (κ2) is 9.20. The Morgan fingerprint density at radius 3 is 2.32 bits per heavy atom. The van der Waals surface area contributed by atoms with Gasteiger partial charge in [-0.25, -0.2) is 0 Å². The van der Waals surface area contributed by atoms with Gasteiger partial charge in [-0.05, 0) is 49.7 Å². The maximum atomic E-state index is 12.3. The predicted octanol–water partition coefficient (Wildman–Crippen LogP) is 3.44. The fourth-order valence-corrected chi connectivity index (χ4v) is 2.77. The molecule has 2 aromatic rings. The Morgan fingerprint density at radius 2 is 1.64 bits per heavy atom. The van der Waals surface area contributed by atoms with Crippen LogP contribution in [0.15, 0.2) is 54.6 Å². The number of hydrogen-bond donors (Lipinski definition) is 3. The second-order valence-corrected chi connectivity index (χ2v) is 5.89. The lowest BCUT2D eigenvalue weighted by Gasteiger charge is -2.22. The average Bonchev–Trinajstić information content (AvgIpc) is 2.63. The molecule has 5 nitrogen and oxygen atoms in total. The molecule has 0 bridgehead atoms. The van der Waals surface area contributed by atoms with Crippen LogP contribution in [-0.2, 0) is 4.79 Å². The molecule has 132 valence electrons. The molecule has 1 unspecified atom stereocenters. The maximum Gasteiger partial charge on any atom is 0.255 e. The van der Waals surface area contributed by atoms with Gasteiger partial charge in [0.1, 0.15) is 0 Å². The van der Waals surface area contributed by atoms with Gasteiger partial charge in [-0.15, -0.1) is 12.4 Å². The number of carbonyl (C=O) groups excluding carboxylic acids is 2. The summed E-state index contributed by atoms with van der Waals surface area (Å²) in [6.07, 6.45) is 3.04. The van der Waals surface area contributed by atoms with Crippen LogP contribution < -0.4 is 16.0 Å². The number of rotatable bonds is 4. The molecular weight excluding hydrogens is 338 g/mol. The molecule has 0 spiro atoms. The lowest BCUT2D eigenvalue weighted by atomic mass is 10.0. The third-order valence-electron chi connectivity index (χ3n) is 4.05. The molecule has 1 atom stereocenters. The van der Waals surface area contributed by atoms with E-state index in [1.807, 2.05) is 30.3 Å². The Bertz CT molecular complexity index is 716. The summed E-state index contributed by atoms with van der Waals surface area (Å²) in [4.78, 5) is 24.4. The second-order valence-electron chi connectivity index (χ2n) is 5.89. The molecular formula is C19H22ClN3O2. The molecule has 1 aliphatic heterocycles. The topological polar surface area (TPSA) is 70.2 Å². The van der Waals surface area contributed by atoms with Gasteiger partial charge in [-0.3, -0.25) is 9.59 Å². The van der Waals surface area contributed by atoms with Crippen LogP contribution >= 0.6 is 12.4 Å². The predicted molar refractivity (Wildman–Crippen MR) is 102 cm³/mol. The van der Waals surface area contributed by atoms with Crippen LogP contribution in [0.4, 0.5) is 11.4 Å². The zero-order valence-electron chi connectivity index (χ0n) is 13.8. The van der Waals surface area contributed by atoms with Gasteiger partial charge >= 0.3 is 0 Å². The first-order valence-corrected chi connectivity index (χ1v) is 8.23. The maximum absolute atomic E-state index is 12.3. The van der Waals surface area contributed by atoms with E-state index in [0.29, 0.717) is 16.9 Å². The first-order chi connectivity index (χ1) is 11.7. The molecule has 1 saturated heterocycles. The summed E-state index contributed by atoms with van der Waals surface area (Å²) in [5, 5.41) is 8.98.